The van der Waals surface area contributed by atoms with E-state index in [0.29, 0.717) is 11.5 Å². The summed E-state index contributed by atoms with van der Waals surface area (Å²) in [7, 11) is -3.38. The van der Waals surface area contributed by atoms with E-state index in [4.69, 9.17) is 11.6 Å². The van der Waals surface area contributed by atoms with E-state index in [-0.39, 0.29) is 4.90 Å². The summed E-state index contributed by atoms with van der Waals surface area (Å²) in [4.78, 5) is 0.282. The molecule has 0 atom stereocenters. The van der Waals surface area contributed by atoms with Crippen LogP contribution >= 0.6 is 11.6 Å². The van der Waals surface area contributed by atoms with Crippen molar-refractivity contribution in [1.82, 2.24) is 0 Å². The molecule has 1 rings (SSSR count). The summed E-state index contributed by atoms with van der Waals surface area (Å²) in [5.41, 5.74) is 0. The van der Waals surface area contributed by atoms with Crippen LogP contribution < -0.4 is 0 Å². The number of rotatable bonds is 5. The SMILES string of the molecule is CCCC/C(Cl)=C/S(=O)(=O)c1ccccc1. The van der Waals surface area contributed by atoms with Gasteiger partial charge in [-0.05, 0) is 25.0 Å². The molecule has 0 fully saturated rings. The van der Waals surface area contributed by atoms with E-state index in [9.17, 15) is 8.42 Å². The van der Waals surface area contributed by atoms with Gasteiger partial charge in [-0.15, -0.1) is 0 Å². The molecular formula is C12H15ClO2S. The van der Waals surface area contributed by atoms with Gasteiger partial charge in [-0.2, -0.15) is 0 Å². The second-order valence-electron chi connectivity index (χ2n) is 3.53. The lowest BCUT2D eigenvalue weighted by Gasteiger charge is -2.00. The van der Waals surface area contributed by atoms with Crippen LogP contribution in [0.3, 0.4) is 0 Å². The van der Waals surface area contributed by atoms with Gasteiger partial charge in [0.05, 0.1) is 4.90 Å². The molecule has 1 aromatic rings. The van der Waals surface area contributed by atoms with Crippen LogP contribution in [0.25, 0.3) is 0 Å². The van der Waals surface area contributed by atoms with E-state index >= 15 is 0 Å². The van der Waals surface area contributed by atoms with Crippen LogP contribution in [0.1, 0.15) is 26.2 Å². The van der Waals surface area contributed by atoms with Crippen LogP contribution in [0.15, 0.2) is 45.7 Å². The maximum Gasteiger partial charge on any atom is 0.200 e. The first-order valence-electron chi connectivity index (χ1n) is 5.22. The summed E-state index contributed by atoms with van der Waals surface area (Å²) in [6.45, 7) is 2.04. The van der Waals surface area contributed by atoms with Crippen LogP contribution in [0.4, 0.5) is 0 Å². The molecule has 0 saturated carbocycles. The number of hydrogen-bond donors (Lipinski definition) is 0. The number of allylic oxidation sites excluding steroid dienone is 1. The average molecular weight is 259 g/mol. The van der Waals surface area contributed by atoms with Crippen molar-refractivity contribution >= 4 is 21.4 Å². The van der Waals surface area contributed by atoms with E-state index in [2.05, 4.69) is 0 Å². The third-order valence-corrected chi connectivity index (χ3v) is 4.08. The highest BCUT2D eigenvalue weighted by Gasteiger charge is 2.11. The Bertz CT molecular complexity index is 449. The Morgan fingerprint density at radius 3 is 2.50 bits per heavy atom. The van der Waals surface area contributed by atoms with Gasteiger partial charge in [-0.3, -0.25) is 0 Å². The van der Waals surface area contributed by atoms with Crippen molar-refractivity contribution in [2.45, 2.75) is 31.1 Å². The first-order valence-corrected chi connectivity index (χ1v) is 7.15. The van der Waals surface area contributed by atoms with Gasteiger partial charge in [-0.1, -0.05) is 43.1 Å². The quantitative estimate of drug-likeness (QED) is 0.806. The lowest BCUT2D eigenvalue weighted by Crippen LogP contribution is -1.96. The molecule has 0 saturated heterocycles. The normalized spacial score (nSPS) is 12.8. The molecule has 4 heteroatoms. The Labute approximate surface area is 102 Å². The smallest absolute Gasteiger partial charge is 0.200 e. The number of halogens is 1. The lowest BCUT2D eigenvalue weighted by molar-refractivity contribution is 0.604. The second-order valence-corrected chi connectivity index (χ2v) is 5.81. The second kappa shape index (κ2) is 6.06. The fourth-order valence-corrected chi connectivity index (χ4v) is 2.86. The van der Waals surface area contributed by atoms with Crippen molar-refractivity contribution in [2.75, 3.05) is 0 Å². The summed E-state index contributed by atoms with van der Waals surface area (Å²) >= 11 is 5.88. The highest BCUT2D eigenvalue weighted by molar-refractivity contribution is 7.94. The van der Waals surface area contributed by atoms with Gasteiger partial charge in [0.15, 0.2) is 0 Å². The molecule has 0 radical (unpaired) electrons. The summed E-state index contributed by atoms with van der Waals surface area (Å²) in [5.74, 6) is 0. The molecule has 0 aliphatic carbocycles. The van der Waals surface area contributed by atoms with Gasteiger partial charge < -0.3 is 0 Å². The molecule has 1 aromatic carbocycles. The lowest BCUT2D eigenvalue weighted by atomic mass is 10.2. The summed E-state index contributed by atoms with van der Waals surface area (Å²) in [6.07, 6.45) is 2.51. The molecule has 0 unspecified atom stereocenters. The molecule has 2 nitrogen and oxygen atoms in total. The minimum absolute atomic E-state index is 0.282. The zero-order valence-electron chi connectivity index (χ0n) is 9.19. The summed E-state index contributed by atoms with van der Waals surface area (Å²) in [5, 5.41) is 1.55. The topological polar surface area (TPSA) is 34.1 Å². The predicted octanol–water partition coefficient (Wildman–Crippen LogP) is 3.73. The van der Waals surface area contributed by atoms with Gasteiger partial charge >= 0.3 is 0 Å². The Kier molecular flexibility index (Phi) is 5.03. The number of hydrogen-bond acceptors (Lipinski definition) is 2. The summed E-state index contributed by atoms with van der Waals surface area (Å²) < 4.78 is 23.7. The molecule has 16 heavy (non-hydrogen) atoms. The Balaban J connectivity index is 2.88. The van der Waals surface area contributed by atoms with Crippen molar-refractivity contribution in [3.05, 3.63) is 40.8 Å². The number of unbranched alkanes of at least 4 members (excludes halogenated alkanes) is 1. The van der Waals surface area contributed by atoms with Crippen molar-refractivity contribution < 1.29 is 8.42 Å². The van der Waals surface area contributed by atoms with Crippen molar-refractivity contribution in [3.63, 3.8) is 0 Å². The molecule has 0 aromatic heterocycles. The van der Waals surface area contributed by atoms with Gasteiger partial charge in [0.25, 0.3) is 0 Å². The third kappa shape index (κ3) is 3.99. The zero-order chi connectivity index (χ0) is 12.0. The van der Waals surface area contributed by atoms with Crippen molar-refractivity contribution in [2.24, 2.45) is 0 Å². The Morgan fingerprint density at radius 1 is 1.31 bits per heavy atom. The van der Waals surface area contributed by atoms with E-state index in [1.807, 2.05) is 6.92 Å². The largest absolute Gasteiger partial charge is 0.219 e. The Morgan fingerprint density at radius 2 is 1.94 bits per heavy atom. The van der Waals surface area contributed by atoms with Crippen LogP contribution in [0, 0.1) is 0 Å². The van der Waals surface area contributed by atoms with E-state index in [1.165, 1.54) is 0 Å². The first-order chi connectivity index (χ1) is 7.56. The highest BCUT2D eigenvalue weighted by atomic mass is 35.5. The van der Waals surface area contributed by atoms with Gasteiger partial charge in [0.2, 0.25) is 9.84 Å². The third-order valence-electron chi connectivity index (χ3n) is 2.12. The minimum Gasteiger partial charge on any atom is -0.219 e. The standard InChI is InChI=1S/C12H15ClO2S/c1-2-3-7-11(13)10-16(14,15)12-8-5-4-6-9-12/h4-6,8-10H,2-3,7H2,1H3/b11-10-. The maximum absolute atomic E-state index is 11.8. The van der Waals surface area contributed by atoms with Crippen LogP contribution in [-0.4, -0.2) is 8.42 Å². The van der Waals surface area contributed by atoms with Crippen LogP contribution in [-0.2, 0) is 9.84 Å². The Hall–Kier alpha value is -0.800. The molecule has 0 bridgehead atoms. The molecule has 0 aliphatic rings. The number of sulfone groups is 1. The molecule has 0 aliphatic heterocycles. The van der Waals surface area contributed by atoms with Crippen molar-refractivity contribution in [1.29, 1.82) is 0 Å². The van der Waals surface area contributed by atoms with E-state index in [0.717, 1.165) is 18.2 Å². The minimum atomic E-state index is -3.38. The molecule has 0 spiro atoms. The molecule has 0 heterocycles. The zero-order valence-corrected chi connectivity index (χ0v) is 10.8. The van der Waals surface area contributed by atoms with E-state index in [1.54, 1.807) is 30.3 Å². The first kappa shape index (κ1) is 13.3. The monoisotopic (exact) mass is 258 g/mol. The van der Waals surface area contributed by atoms with Crippen LogP contribution in [0.5, 0.6) is 0 Å². The summed E-state index contributed by atoms with van der Waals surface area (Å²) in [6, 6.07) is 8.30. The molecule has 0 N–H and O–H groups in total. The van der Waals surface area contributed by atoms with Gasteiger partial charge in [0, 0.05) is 10.4 Å². The van der Waals surface area contributed by atoms with Crippen LogP contribution in [0.2, 0.25) is 0 Å². The highest BCUT2D eigenvalue weighted by Crippen LogP contribution is 2.18. The van der Waals surface area contributed by atoms with Crippen molar-refractivity contribution in [3.8, 4) is 0 Å². The average Bonchev–Trinajstić information content (AvgIpc) is 2.27. The number of benzene rings is 1. The molecule has 0 amide bonds. The molecular weight excluding hydrogens is 244 g/mol. The van der Waals surface area contributed by atoms with E-state index < -0.39 is 9.84 Å². The molecule has 88 valence electrons. The maximum atomic E-state index is 11.8. The fourth-order valence-electron chi connectivity index (χ4n) is 1.25. The fraction of sp³-hybridized carbons (Fsp3) is 0.333. The van der Waals surface area contributed by atoms with Gasteiger partial charge in [-0.25, -0.2) is 8.42 Å². The van der Waals surface area contributed by atoms with Gasteiger partial charge in [0.1, 0.15) is 0 Å². The predicted molar refractivity (Wildman–Crippen MR) is 67.1 cm³/mol.